The molecule has 0 amide bonds. The van der Waals surface area contributed by atoms with Crippen molar-refractivity contribution in [3.8, 4) is 12.0 Å². The Kier molecular flexibility index (Phi) is 4.87. The smallest absolute Gasteiger partial charge is 0.324 e. The molecule has 0 aliphatic heterocycles. The van der Waals surface area contributed by atoms with Gasteiger partial charge in [-0.1, -0.05) is 6.07 Å². The first kappa shape index (κ1) is 13.5. The third-order valence-electron chi connectivity index (χ3n) is 2.16. The number of hydrogen-bond acceptors (Lipinski definition) is 8. The number of nitrogens with two attached hydrogens (primary N) is 1. The highest BCUT2D eigenvalue weighted by molar-refractivity contribution is 7.09. The highest BCUT2D eigenvalue weighted by atomic mass is 32.1. The minimum atomic E-state index is 0.191. The van der Waals surface area contributed by atoms with E-state index in [9.17, 15) is 0 Å². The SMILES string of the molecule is CCOc1nc(NN)nc(OCCc2cccs2)n1. The van der Waals surface area contributed by atoms with E-state index in [-0.39, 0.29) is 18.0 Å². The van der Waals surface area contributed by atoms with E-state index in [1.807, 2.05) is 18.4 Å². The molecule has 0 atom stereocenters. The molecule has 8 heteroatoms. The van der Waals surface area contributed by atoms with E-state index in [0.29, 0.717) is 13.2 Å². The van der Waals surface area contributed by atoms with Gasteiger partial charge in [-0.05, 0) is 18.4 Å². The number of aromatic nitrogens is 3. The lowest BCUT2D eigenvalue weighted by Gasteiger charge is -2.07. The molecular formula is C11H15N5O2S. The van der Waals surface area contributed by atoms with Crippen molar-refractivity contribution in [1.29, 1.82) is 0 Å². The van der Waals surface area contributed by atoms with Gasteiger partial charge in [0.1, 0.15) is 0 Å². The molecule has 0 spiro atoms. The Bertz CT molecular complexity index is 506. The van der Waals surface area contributed by atoms with Crippen LogP contribution in [0.5, 0.6) is 12.0 Å². The molecule has 19 heavy (non-hydrogen) atoms. The summed E-state index contributed by atoms with van der Waals surface area (Å²) < 4.78 is 10.7. The monoisotopic (exact) mass is 281 g/mol. The molecule has 0 bridgehead atoms. The summed E-state index contributed by atoms with van der Waals surface area (Å²) in [4.78, 5) is 13.2. The number of nitrogens with one attached hydrogen (secondary N) is 1. The highest BCUT2D eigenvalue weighted by Gasteiger charge is 2.07. The average Bonchev–Trinajstić information content (AvgIpc) is 2.92. The Hall–Kier alpha value is -1.93. The molecule has 2 aromatic rings. The standard InChI is InChI=1S/C11H15N5O2S/c1-2-17-10-13-9(16-12)14-11(15-10)18-6-5-8-4-3-7-19-8/h3-4,7H,2,5-6,12H2,1H3,(H,13,14,15,16). The predicted molar refractivity (Wildman–Crippen MR) is 72.3 cm³/mol. The highest BCUT2D eigenvalue weighted by Crippen LogP contribution is 2.13. The quantitative estimate of drug-likeness (QED) is 0.582. The zero-order valence-corrected chi connectivity index (χ0v) is 11.3. The summed E-state index contributed by atoms with van der Waals surface area (Å²) in [6.45, 7) is 2.79. The number of nitrogens with zero attached hydrogens (tertiary/aromatic N) is 3. The molecule has 2 aromatic heterocycles. The summed E-state index contributed by atoms with van der Waals surface area (Å²) in [7, 11) is 0. The fourth-order valence-electron chi connectivity index (χ4n) is 1.36. The molecule has 2 heterocycles. The Morgan fingerprint density at radius 1 is 1.26 bits per heavy atom. The first-order chi connectivity index (χ1) is 9.31. The maximum atomic E-state index is 5.48. The maximum Gasteiger partial charge on any atom is 0.324 e. The van der Waals surface area contributed by atoms with Crippen LogP contribution in [0.25, 0.3) is 0 Å². The van der Waals surface area contributed by atoms with Crippen molar-refractivity contribution in [1.82, 2.24) is 15.0 Å². The predicted octanol–water partition coefficient (Wildman–Crippen LogP) is 1.24. The number of rotatable bonds is 7. The first-order valence-electron chi connectivity index (χ1n) is 5.82. The fraction of sp³-hybridized carbons (Fsp3) is 0.364. The summed E-state index contributed by atoms with van der Waals surface area (Å²) in [5.74, 6) is 5.49. The van der Waals surface area contributed by atoms with E-state index in [0.717, 1.165) is 6.42 Å². The fourth-order valence-corrected chi connectivity index (χ4v) is 2.05. The van der Waals surface area contributed by atoms with Gasteiger partial charge in [-0.3, -0.25) is 5.43 Å². The Labute approximate surface area is 114 Å². The van der Waals surface area contributed by atoms with Crippen LogP contribution < -0.4 is 20.7 Å². The second kappa shape index (κ2) is 6.86. The van der Waals surface area contributed by atoms with Crippen LogP contribution in [0, 0.1) is 0 Å². The van der Waals surface area contributed by atoms with E-state index in [1.54, 1.807) is 11.3 Å². The van der Waals surface area contributed by atoms with E-state index < -0.39 is 0 Å². The number of thiophene rings is 1. The van der Waals surface area contributed by atoms with Crippen molar-refractivity contribution in [2.75, 3.05) is 18.6 Å². The first-order valence-corrected chi connectivity index (χ1v) is 6.70. The van der Waals surface area contributed by atoms with Gasteiger partial charge in [0, 0.05) is 11.3 Å². The molecule has 0 saturated carbocycles. The van der Waals surface area contributed by atoms with Gasteiger partial charge >= 0.3 is 12.0 Å². The van der Waals surface area contributed by atoms with Crippen molar-refractivity contribution in [2.45, 2.75) is 13.3 Å². The van der Waals surface area contributed by atoms with Crippen molar-refractivity contribution < 1.29 is 9.47 Å². The number of nitrogen functional groups attached to an aromatic ring is 1. The Balaban J connectivity index is 1.96. The van der Waals surface area contributed by atoms with Gasteiger partial charge in [0.05, 0.1) is 13.2 Å². The third-order valence-corrected chi connectivity index (χ3v) is 3.09. The maximum absolute atomic E-state index is 5.48. The molecule has 0 aliphatic rings. The second-order valence-corrected chi connectivity index (χ2v) is 4.51. The van der Waals surface area contributed by atoms with Crippen LogP contribution in [-0.4, -0.2) is 28.2 Å². The van der Waals surface area contributed by atoms with Gasteiger partial charge in [-0.2, -0.15) is 9.97 Å². The number of anilines is 1. The largest absolute Gasteiger partial charge is 0.464 e. The molecule has 0 fully saturated rings. The second-order valence-electron chi connectivity index (χ2n) is 3.48. The number of ether oxygens (including phenoxy) is 2. The van der Waals surface area contributed by atoms with Gasteiger partial charge in [0.25, 0.3) is 0 Å². The van der Waals surface area contributed by atoms with Gasteiger partial charge in [0.2, 0.25) is 5.95 Å². The van der Waals surface area contributed by atoms with Gasteiger partial charge in [-0.25, -0.2) is 5.84 Å². The summed E-state index contributed by atoms with van der Waals surface area (Å²) in [6, 6.07) is 4.45. The molecule has 0 radical (unpaired) electrons. The number of hydrazine groups is 1. The van der Waals surface area contributed by atoms with Gasteiger partial charge in [0.15, 0.2) is 0 Å². The summed E-state index contributed by atoms with van der Waals surface area (Å²) >= 11 is 1.69. The normalized spacial score (nSPS) is 10.2. The Morgan fingerprint density at radius 2 is 2.05 bits per heavy atom. The van der Waals surface area contributed by atoms with Crippen LogP contribution in [0.1, 0.15) is 11.8 Å². The molecule has 0 aromatic carbocycles. The van der Waals surface area contributed by atoms with E-state index in [2.05, 4.69) is 26.4 Å². The molecule has 102 valence electrons. The lowest BCUT2D eigenvalue weighted by molar-refractivity contribution is 0.272. The molecule has 0 unspecified atom stereocenters. The minimum absolute atomic E-state index is 0.191. The minimum Gasteiger partial charge on any atom is -0.464 e. The lowest BCUT2D eigenvalue weighted by Crippen LogP contribution is -2.14. The summed E-state index contributed by atoms with van der Waals surface area (Å²) in [5, 5.41) is 2.03. The molecule has 2 rings (SSSR count). The lowest BCUT2D eigenvalue weighted by atomic mass is 10.4. The van der Waals surface area contributed by atoms with Crippen LogP contribution >= 0.6 is 11.3 Å². The molecule has 3 N–H and O–H groups in total. The summed E-state index contributed by atoms with van der Waals surface area (Å²) in [5.41, 5.74) is 2.35. The average molecular weight is 281 g/mol. The molecule has 0 saturated heterocycles. The molecule has 0 aliphatic carbocycles. The van der Waals surface area contributed by atoms with Crippen LogP contribution in [0.4, 0.5) is 5.95 Å². The van der Waals surface area contributed by atoms with Crippen LogP contribution in [0.3, 0.4) is 0 Å². The van der Waals surface area contributed by atoms with Crippen LogP contribution in [0.15, 0.2) is 17.5 Å². The summed E-state index contributed by atoms with van der Waals surface area (Å²) in [6.07, 6.45) is 0.804. The van der Waals surface area contributed by atoms with Crippen molar-refractivity contribution >= 4 is 17.3 Å². The number of hydrogen-bond donors (Lipinski definition) is 2. The van der Waals surface area contributed by atoms with E-state index in [4.69, 9.17) is 15.3 Å². The van der Waals surface area contributed by atoms with Crippen LogP contribution in [0.2, 0.25) is 0 Å². The zero-order chi connectivity index (χ0) is 13.5. The Morgan fingerprint density at radius 3 is 2.68 bits per heavy atom. The van der Waals surface area contributed by atoms with E-state index >= 15 is 0 Å². The van der Waals surface area contributed by atoms with Crippen molar-refractivity contribution in [2.24, 2.45) is 5.84 Å². The van der Waals surface area contributed by atoms with E-state index in [1.165, 1.54) is 4.88 Å². The van der Waals surface area contributed by atoms with Crippen molar-refractivity contribution in [3.05, 3.63) is 22.4 Å². The molecular weight excluding hydrogens is 266 g/mol. The topological polar surface area (TPSA) is 95.2 Å². The van der Waals surface area contributed by atoms with Gasteiger partial charge in [-0.15, -0.1) is 16.3 Å². The van der Waals surface area contributed by atoms with Gasteiger partial charge < -0.3 is 9.47 Å². The van der Waals surface area contributed by atoms with Crippen LogP contribution in [-0.2, 0) is 6.42 Å². The third kappa shape index (κ3) is 4.04. The zero-order valence-electron chi connectivity index (χ0n) is 10.5. The van der Waals surface area contributed by atoms with Crippen molar-refractivity contribution in [3.63, 3.8) is 0 Å². The molecule has 7 nitrogen and oxygen atoms in total.